The zero-order valence-corrected chi connectivity index (χ0v) is 28.9. The Labute approximate surface area is 308 Å². The van der Waals surface area contributed by atoms with E-state index in [1.165, 1.54) is 27.5 Å². The van der Waals surface area contributed by atoms with Crippen molar-refractivity contribution in [3.05, 3.63) is 205 Å². The Morgan fingerprint density at radius 2 is 1.08 bits per heavy atom. The zero-order valence-electron chi connectivity index (χ0n) is 28.9. The lowest BCUT2D eigenvalue weighted by molar-refractivity contribution is 0.411. The molecule has 0 saturated heterocycles. The number of rotatable bonds is 6. The van der Waals surface area contributed by atoms with Crippen LogP contribution in [0.2, 0.25) is 0 Å². The van der Waals surface area contributed by atoms with Crippen molar-refractivity contribution in [1.29, 1.82) is 0 Å². The van der Waals surface area contributed by atoms with Crippen molar-refractivity contribution in [2.75, 3.05) is 0 Å². The number of nitrogens with zero attached hydrogens (tertiary/aromatic N) is 1. The summed E-state index contributed by atoms with van der Waals surface area (Å²) in [7, 11) is 0. The van der Waals surface area contributed by atoms with Crippen LogP contribution in [0.4, 0.5) is 0 Å². The van der Waals surface area contributed by atoms with E-state index in [2.05, 4.69) is 187 Å². The van der Waals surface area contributed by atoms with Crippen LogP contribution in [0.15, 0.2) is 197 Å². The van der Waals surface area contributed by atoms with Crippen LogP contribution in [0.3, 0.4) is 0 Å². The van der Waals surface area contributed by atoms with Gasteiger partial charge in [-0.05, 0) is 56.3 Å². The first-order valence-corrected chi connectivity index (χ1v) is 18.1. The molecule has 2 N–H and O–H groups in total. The Morgan fingerprint density at radius 1 is 0.472 bits per heavy atom. The molecule has 10 rings (SSSR count). The van der Waals surface area contributed by atoms with E-state index in [0.717, 1.165) is 61.2 Å². The predicted octanol–water partition coefficient (Wildman–Crippen LogP) is 12.1. The van der Waals surface area contributed by atoms with Crippen molar-refractivity contribution in [3.63, 3.8) is 0 Å². The number of amidine groups is 1. The molecule has 8 aromatic carbocycles. The van der Waals surface area contributed by atoms with Crippen molar-refractivity contribution >= 4 is 38.5 Å². The Morgan fingerprint density at radius 3 is 1.81 bits per heavy atom. The first-order valence-electron chi connectivity index (χ1n) is 18.1. The molecule has 0 aliphatic carbocycles. The maximum absolute atomic E-state index is 6.71. The largest absolute Gasteiger partial charge is 0.455 e. The second-order valence-corrected chi connectivity index (χ2v) is 13.6. The van der Waals surface area contributed by atoms with Gasteiger partial charge >= 0.3 is 0 Å². The molecule has 1 aliphatic heterocycles. The van der Waals surface area contributed by atoms with Crippen molar-refractivity contribution < 1.29 is 4.42 Å². The molecule has 0 spiro atoms. The van der Waals surface area contributed by atoms with Crippen LogP contribution in [0.1, 0.15) is 29.0 Å². The molecular weight excluding hydrogens is 647 g/mol. The van der Waals surface area contributed by atoms with Crippen LogP contribution in [0, 0.1) is 0 Å². The average molecular weight is 682 g/mol. The summed E-state index contributed by atoms with van der Waals surface area (Å²) in [5, 5.41) is 12.2. The summed E-state index contributed by atoms with van der Waals surface area (Å²) in [6.07, 6.45) is -0.476. The molecule has 1 aromatic heterocycles. The summed E-state index contributed by atoms with van der Waals surface area (Å²) in [6, 6.07) is 66.3. The van der Waals surface area contributed by atoms with Gasteiger partial charge in [-0.25, -0.2) is 4.99 Å². The molecule has 0 saturated carbocycles. The fourth-order valence-corrected chi connectivity index (χ4v) is 7.68. The smallest absolute Gasteiger partial charge is 0.143 e. The fourth-order valence-electron chi connectivity index (χ4n) is 7.68. The van der Waals surface area contributed by atoms with E-state index >= 15 is 0 Å². The van der Waals surface area contributed by atoms with Crippen LogP contribution < -0.4 is 10.6 Å². The highest BCUT2D eigenvalue weighted by atomic mass is 16.3. The topological polar surface area (TPSA) is 49.6 Å². The molecule has 4 heteroatoms. The molecule has 0 bridgehead atoms. The Bertz CT molecular complexity index is 2770. The maximum atomic E-state index is 6.71. The van der Waals surface area contributed by atoms with E-state index in [9.17, 15) is 0 Å². The van der Waals surface area contributed by atoms with Gasteiger partial charge < -0.3 is 9.73 Å². The van der Waals surface area contributed by atoms with Crippen LogP contribution >= 0.6 is 0 Å². The predicted molar refractivity (Wildman–Crippen MR) is 219 cm³/mol. The van der Waals surface area contributed by atoms with E-state index in [4.69, 9.17) is 9.41 Å². The number of aliphatic imine (C=N–C) groups is 1. The number of furan rings is 1. The van der Waals surface area contributed by atoms with Crippen LogP contribution in [-0.2, 0) is 0 Å². The van der Waals surface area contributed by atoms with Crippen molar-refractivity contribution in [1.82, 2.24) is 10.6 Å². The van der Waals surface area contributed by atoms with E-state index in [0.29, 0.717) is 0 Å². The first-order chi connectivity index (χ1) is 26.2. The minimum Gasteiger partial charge on any atom is -0.455 e. The third kappa shape index (κ3) is 5.76. The highest BCUT2D eigenvalue weighted by Crippen LogP contribution is 2.40. The number of nitrogens with one attached hydrogen (secondary N) is 2. The third-order valence-electron chi connectivity index (χ3n) is 10.4. The minimum absolute atomic E-state index is 0.230. The molecule has 9 aromatic rings. The summed E-state index contributed by atoms with van der Waals surface area (Å²) in [6.45, 7) is 0. The molecule has 252 valence electrons. The molecule has 2 heterocycles. The molecule has 0 radical (unpaired) electrons. The molecule has 0 amide bonds. The van der Waals surface area contributed by atoms with Gasteiger partial charge in [0.2, 0.25) is 0 Å². The lowest BCUT2D eigenvalue weighted by Gasteiger charge is -2.32. The molecule has 1 aliphatic rings. The van der Waals surface area contributed by atoms with Crippen molar-refractivity contribution in [3.8, 4) is 33.4 Å². The van der Waals surface area contributed by atoms with Crippen molar-refractivity contribution in [2.24, 2.45) is 4.99 Å². The molecule has 2 unspecified atom stereocenters. The number of hydrogen-bond acceptors (Lipinski definition) is 4. The number of hydrogen-bond donors (Lipinski definition) is 2. The summed E-state index contributed by atoms with van der Waals surface area (Å²) in [5.74, 6) is 0.843. The number of fused-ring (bicyclic) bond motifs is 4. The van der Waals surface area contributed by atoms with Gasteiger partial charge in [0.15, 0.2) is 0 Å². The van der Waals surface area contributed by atoms with Crippen molar-refractivity contribution in [2.45, 2.75) is 12.3 Å². The van der Waals surface area contributed by atoms with E-state index in [1.54, 1.807) is 0 Å². The Hall–Kier alpha value is -6.75. The summed E-state index contributed by atoms with van der Waals surface area (Å²) in [4.78, 5) is 5.23. The summed E-state index contributed by atoms with van der Waals surface area (Å²) < 4.78 is 6.71. The van der Waals surface area contributed by atoms with Gasteiger partial charge in [0.05, 0.1) is 0 Å². The fraction of sp³-hybridized carbons (Fsp3) is 0.0408. The van der Waals surface area contributed by atoms with Gasteiger partial charge in [0.25, 0.3) is 0 Å². The standard InChI is InChI=1S/C49H35N3O/c1-3-11-32(12-4-1)34-21-23-35(24-22-34)36-25-28-38(29-26-36)48-50-47(37-14-5-2-6-15-37)51-49(52-48)43-19-10-20-44-45(43)42-18-9-17-41(46(42)53-44)40-30-27-33-13-7-8-16-39(33)31-40/h1-31,47,49,51H,(H,50,52). The first kappa shape index (κ1) is 31.0. The molecule has 4 nitrogen and oxygen atoms in total. The summed E-state index contributed by atoms with van der Waals surface area (Å²) >= 11 is 0. The lowest BCUT2D eigenvalue weighted by atomic mass is 9.97. The van der Waals surface area contributed by atoms with Crippen LogP contribution in [0.5, 0.6) is 0 Å². The lowest BCUT2D eigenvalue weighted by Crippen LogP contribution is -2.45. The van der Waals surface area contributed by atoms with Crippen LogP contribution in [-0.4, -0.2) is 5.84 Å². The van der Waals surface area contributed by atoms with Gasteiger partial charge in [0.1, 0.15) is 29.3 Å². The van der Waals surface area contributed by atoms with Crippen LogP contribution in [0.25, 0.3) is 66.1 Å². The third-order valence-corrected chi connectivity index (χ3v) is 10.4. The highest BCUT2D eigenvalue weighted by molar-refractivity contribution is 6.12. The maximum Gasteiger partial charge on any atom is 0.143 e. The molecule has 53 heavy (non-hydrogen) atoms. The monoisotopic (exact) mass is 681 g/mol. The van der Waals surface area contributed by atoms with E-state index in [-0.39, 0.29) is 12.3 Å². The molecule has 2 atom stereocenters. The normalized spacial score (nSPS) is 15.7. The zero-order chi connectivity index (χ0) is 35.1. The van der Waals surface area contributed by atoms with Gasteiger partial charge in [-0.2, -0.15) is 0 Å². The Kier molecular flexibility index (Phi) is 7.67. The number of para-hydroxylation sites is 1. The quantitative estimate of drug-likeness (QED) is 0.184. The van der Waals surface area contributed by atoms with Gasteiger partial charge in [-0.1, -0.05) is 176 Å². The second kappa shape index (κ2) is 13.1. The highest BCUT2D eigenvalue weighted by Gasteiger charge is 2.28. The van der Waals surface area contributed by atoms with E-state index < -0.39 is 0 Å². The van der Waals surface area contributed by atoms with E-state index in [1.807, 2.05) is 12.1 Å². The summed E-state index contributed by atoms with van der Waals surface area (Å²) in [5.41, 5.74) is 12.0. The van der Waals surface area contributed by atoms with Gasteiger partial charge in [0, 0.05) is 27.5 Å². The minimum atomic E-state index is -0.246. The Balaban J connectivity index is 1.02. The second-order valence-electron chi connectivity index (χ2n) is 13.6. The van der Waals surface area contributed by atoms with Gasteiger partial charge in [-0.15, -0.1) is 0 Å². The van der Waals surface area contributed by atoms with Gasteiger partial charge in [-0.3, -0.25) is 5.32 Å². The average Bonchev–Trinajstić information content (AvgIpc) is 3.63. The molecule has 0 fully saturated rings. The molecular formula is C49H35N3O. The SMILES string of the molecule is c1ccc(-c2ccc(-c3ccc(C4=NC(c5ccccc5)NC(c5cccc6oc7c(-c8ccc9ccccc9c8)cccc7c56)N4)cc3)cc2)cc1. The number of benzene rings is 8.